The molecule has 1 aliphatic rings. The monoisotopic (exact) mass is 296 g/mol. The normalized spacial score (nSPS) is 23.3. The maximum absolute atomic E-state index is 11.0. The van der Waals surface area contributed by atoms with Crippen LogP contribution in [0.4, 0.5) is 5.69 Å². The average Bonchev–Trinajstić information content (AvgIpc) is 2.61. The van der Waals surface area contributed by atoms with Crippen molar-refractivity contribution in [3.63, 3.8) is 0 Å². The average molecular weight is 297 g/mol. The van der Waals surface area contributed by atoms with Gasteiger partial charge in [0.05, 0.1) is 4.92 Å². The summed E-state index contributed by atoms with van der Waals surface area (Å²) in [7, 11) is 0. The zero-order valence-electron chi connectivity index (χ0n) is 11.8. The van der Waals surface area contributed by atoms with Gasteiger partial charge in [0.1, 0.15) is 0 Å². The summed E-state index contributed by atoms with van der Waals surface area (Å²) in [6.45, 7) is 2.81. The Kier molecular flexibility index (Phi) is 5.38. The number of nitrogens with zero attached hydrogens (tertiary/aromatic N) is 1. The fraction of sp³-hybridized carbons (Fsp3) is 0.600. The molecule has 2 rings (SSSR count). The minimum atomic E-state index is -0.345. The predicted molar refractivity (Wildman–Crippen MR) is 81.0 cm³/mol. The lowest BCUT2D eigenvalue weighted by atomic mass is 10.0. The third-order valence-corrected chi connectivity index (χ3v) is 4.31. The molecule has 0 saturated heterocycles. The largest absolute Gasteiger partial charge is 0.310 e. The van der Waals surface area contributed by atoms with Crippen molar-refractivity contribution in [2.24, 2.45) is 5.92 Å². The van der Waals surface area contributed by atoms with Crippen molar-refractivity contribution < 1.29 is 4.92 Å². The zero-order valence-corrected chi connectivity index (χ0v) is 12.5. The number of nitrogens with one attached hydrogen (secondary N) is 1. The van der Waals surface area contributed by atoms with Gasteiger partial charge in [-0.25, -0.2) is 0 Å². The number of benzene rings is 1. The Hall–Kier alpha value is -1.13. The summed E-state index contributed by atoms with van der Waals surface area (Å²) in [6, 6.07) is 5.19. The smallest absolute Gasteiger partial charge is 0.273 e. The van der Waals surface area contributed by atoms with Crippen LogP contribution in [-0.4, -0.2) is 11.0 Å². The molecule has 2 atom stereocenters. The summed E-state index contributed by atoms with van der Waals surface area (Å²) in [4.78, 5) is 10.7. The molecule has 0 heterocycles. The van der Waals surface area contributed by atoms with Crippen molar-refractivity contribution in [1.82, 2.24) is 5.32 Å². The van der Waals surface area contributed by atoms with Crippen molar-refractivity contribution in [3.8, 4) is 0 Å². The fourth-order valence-corrected chi connectivity index (χ4v) is 3.01. The molecule has 1 saturated carbocycles. The molecule has 1 aromatic rings. The van der Waals surface area contributed by atoms with E-state index in [0.29, 0.717) is 23.2 Å². The summed E-state index contributed by atoms with van der Waals surface area (Å²) in [5.74, 6) is 0.794. The Bertz CT molecular complexity index is 479. The van der Waals surface area contributed by atoms with Crippen LogP contribution in [0.15, 0.2) is 18.2 Å². The Morgan fingerprint density at radius 1 is 1.35 bits per heavy atom. The zero-order chi connectivity index (χ0) is 14.5. The SMILES string of the molecule is CC1CCCC(NCc2cc(Cl)ccc2[N+](=O)[O-])CC1. The number of rotatable bonds is 4. The lowest BCUT2D eigenvalue weighted by Gasteiger charge is -2.16. The van der Waals surface area contributed by atoms with Crippen LogP contribution in [0.1, 0.15) is 44.6 Å². The third-order valence-electron chi connectivity index (χ3n) is 4.08. The van der Waals surface area contributed by atoms with Crippen LogP contribution in [-0.2, 0) is 6.54 Å². The molecule has 0 amide bonds. The van der Waals surface area contributed by atoms with Gasteiger partial charge in [0, 0.05) is 29.2 Å². The molecular weight excluding hydrogens is 276 g/mol. The Morgan fingerprint density at radius 2 is 2.15 bits per heavy atom. The van der Waals surface area contributed by atoms with Gasteiger partial charge in [-0.05, 0) is 37.3 Å². The highest BCUT2D eigenvalue weighted by Gasteiger charge is 2.18. The van der Waals surface area contributed by atoms with Gasteiger partial charge in [0.15, 0.2) is 0 Å². The van der Waals surface area contributed by atoms with Gasteiger partial charge < -0.3 is 5.32 Å². The van der Waals surface area contributed by atoms with E-state index >= 15 is 0 Å². The minimum Gasteiger partial charge on any atom is -0.310 e. The standard InChI is InChI=1S/C15H21ClN2O2/c1-11-3-2-4-14(7-5-11)17-10-12-9-13(16)6-8-15(12)18(19)20/h6,8-9,11,14,17H,2-5,7,10H2,1H3. The number of nitro benzene ring substituents is 1. The maximum Gasteiger partial charge on any atom is 0.273 e. The molecule has 0 aliphatic heterocycles. The van der Waals surface area contributed by atoms with Crippen molar-refractivity contribution in [3.05, 3.63) is 38.9 Å². The summed E-state index contributed by atoms with van der Waals surface area (Å²) in [6.07, 6.45) is 6.05. The molecule has 0 spiro atoms. The lowest BCUT2D eigenvalue weighted by Crippen LogP contribution is -2.28. The molecule has 0 aromatic heterocycles. The molecule has 5 heteroatoms. The summed E-state index contributed by atoms with van der Waals surface area (Å²) < 4.78 is 0. The molecule has 1 fully saturated rings. The van der Waals surface area contributed by atoms with E-state index in [1.165, 1.54) is 25.3 Å². The molecule has 1 N–H and O–H groups in total. The van der Waals surface area contributed by atoms with E-state index in [2.05, 4.69) is 12.2 Å². The highest BCUT2D eigenvalue weighted by Crippen LogP contribution is 2.25. The van der Waals surface area contributed by atoms with Gasteiger partial charge in [-0.1, -0.05) is 31.4 Å². The van der Waals surface area contributed by atoms with Crippen LogP contribution in [0.25, 0.3) is 0 Å². The number of hydrogen-bond acceptors (Lipinski definition) is 3. The van der Waals surface area contributed by atoms with Crippen LogP contribution >= 0.6 is 11.6 Å². The number of halogens is 1. The molecule has 0 bridgehead atoms. The summed E-state index contributed by atoms with van der Waals surface area (Å²) >= 11 is 5.94. The van der Waals surface area contributed by atoms with Gasteiger partial charge in [-0.2, -0.15) is 0 Å². The van der Waals surface area contributed by atoms with Gasteiger partial charge in [-0.3, -0.25) is 10.1 Å². The molecule has 20 heavy (non-hydrogen) atoms. The molecule has 4 nitrogen and oxygen atoms in total. The molecule has 1 aliphatic carbocycles. The van der Waals surface area contributed by atoms with E-state index in [1.54, 1.807) is 12.1 Å². The summed E-state index contributed by atoms with van der Waals surface area (Å²) in [5, 5.41) is 15.0. The quantitative estimate of drug-likeness (QED) is 0.512. The second-order valence-corrected chi connectivity index (χ2v) is 6.16. The van der Waals surface area contributed by atoms with Gasteiger partial charge in [-0.15, -0.1) is 0 Å². The molecule has 0 radical (unpaired) electrons. The maximum atomic E-state index is 11.0. The second kappa shape index (κ2) is 7.04. The van der Waals surface area contributed by atoms with Crippen LogP contribution in [0.3, 0.4) is 0 Å². The van der Waals surface area contributed by atoms with E-state index in [9.17, 15) is 10.1 Å². The lowest BCUT2D eigenvalue weighted by molar-refractivity contribution is -0.385. The van der Waals surface area contributed by atoms with Crippen molar-refractivity contribution in [2.45, 2.75) is 51.6 Å². The first-order chi connectivity index (χ1) is 9.56. The third kappa shape index (κ3) is 4.18. The van der Waals surface area contributed by atoms with Crippen LogP contribution in [0, 0.1) is 16.0 Å². The first kappa shape index (κ1) is 15.3. The number of nitro groups is 1. The van der Waals surface area contributed by atoms with Crippen LogP contribution in [0.2, 0.25) is 5.02 Å². The molecule has 110 valence electrons. The summed E-state index contributed by atoms with van der Waals surface area (Å²) in [5.41, 5.74) is 0.809. The minimum absolute atomic E-state index is 0.142. The van der Waals surface area contributed by atoms with E-state index < -0.39 is 0 Å². The molecular formula is C15H21ClN2O2. The van der Waals surface area contributed by atoms with Gasteiger partial charge in [0.25, 0.3) is 5.69 Å². The Morgan fingerprint density at radius 3 is 2.90 bits per heavy atom. The van der Waals surface area contributed by atoms with Gasteiger partial charge >= 0.3 is 0 Å². The Balaban J connectivity index is 1.99. The fourth-order valence-electron chi connectivity index (χ4n) is 2.82. The van der Waals surface area contributed by atoms with Crippen LogP contribution in [0.5, 0.6) is 0 Å². The predicted octanol–water partition coefficient (Wildman–Crippen LogP) is 4.31. The van der Waals surface area contributed by atoms with Gasteiger partial charge in [0.2, 0.25) is 0 Å². The second-order valence-electron chi connectivity index (χ2n) is 5.72. The van der Waals surface area contributed by atoms with Crippen molar-refractivity contribution in [1.29, 1.82) is 0 Å². The van der Waals surface area contributed by atoms with E-state index in [1.807, 2.05) is 0 Å². The highest BCUT2D eigenvalue weighted by atomic mass is 35.5. The highest BCUT2D eigenvalue weighted by molar-refractivity contribution is 6.30. The topological polar surface area (TPSA) is 55.2 Å². The number of hydrogen-bond donors (Lipinski definition) is 1. The molecule has 2 unspecified atom stereocenters. The first-order valence-corrected chi connectivity index (χ1v) is 7.60. The van der Waals surface area contributed by atoms with E-state index in [0.717, 1.165) is 18.8 Å². The van der Waals surface area contributed by atoms with Crippen LogP contribution < -0.4 is 5.32 Å². The Labute approximate surface area is 124 Å². The van der Waals surface area contributed by atoms with E-state index in [-0.39, 0.29) is 10.6 Å². The van der Waals surface area contributed by atoms with E-state index in [4.69, 9.17) is 11.6 Å². The van der Waals surface area contributed by atoms with Crippen molar-refractivity contribution >= 4 is 17.3 Å². The molecule has 1 aromatic carbocycles. The first-order valence-electron chi connectivity index (χ1n) is 7.22. The van der Waals surface area contributed by atoms with Crippen molar-refractivity contribution in [2.75, 3.05) is 0 Å².